The van der Waals surface area contributed by atoms with E-state index in [9.17, 15) is 9.90 Å². The summed E-state index contributed by atoms with van der Waals surface area (Å²) in [4.78, 5) is 10.8. The number of rotatable bonds is 2. The molecule has 0 fully saturated rings. The number of Topliss-reactive ketones (excluding diaryl/α,β-unsaturated/α-hetero) is 1. The highest BCUT2D eigenvalue weighted by Gasteiger charge is 2.05. The summed E-state index contributed by atoms with van der Waals surface area (Å²) in [6.45, 7) is 3.42. The van der Waals surface area contributed by atoms with Crippen LogP contribution in [0.15, 0.2) is 16.6 Å². The van der Waals surface area contributed by atoms with Gasteiger partial charge >= 0.3 is 0 Å². The third-order valence-electron chi connectivity index (χ3n) is 1.75. The van der Waals surface area contributed by atoms with Crippen LogP contribution in [0.25, 0.3) is 0 Å². The van der Waals surface area contributed by atoms with Crippen molar-refractivity contribution in [3.8, 4) is 5.75 Å². The largest absolute Gasteiger partial charge is 0.507 e. The van der Waals surface area contributed by atoms with Gasteiger partial charge in [-0.3, -0.25) is 4.79 Å². The lowest BCUT2D eigenvalue weighted by Crippen LogP contribution is -1.96. The Bertz CT molecular complexity index is 322. The summed E-state index contributed by atoms with van der Waals surface area (Å²) in [7, 11) is 0. The Morgan fingerprint density at radius 3 is 2.62 bits per heavy atom. The highest BCUT2D eigenvalue weighted by molar-refractivity contribution is 9.10. The van der Waals surface area contributed by atoms with E-state index in [1.807, 2.05) is 13.0 Å². The van der Waals surface area contributed by atoms with E-state index in [0.717, 1.165) is 11.1 Å². The SMILES string of the molecule is CC(=O)Cc1cc(C)c(Br)c(O)c1. The van der Waals surface area contributed by atoms with Crippen molar-refractivity contribution in [2.45, 2.75) is 20.3 Å². The number of hydrogen-bond acceptors (Lipinski definition) is 2. The van der Waals surface area contributed by atoms with Gasteiger partial charge in [0, 0.05) is 6.42 Å². The van der Waals surface area contributed by atoms with Crippen molar-refractivity contribution in [1.29, 1.82) is 0 Å². The standard InChI is InChI=1S/C10H11BrO2/c1-6-3-8(4-7(2)12)5-9(13)10(6)11/h3,5,13H,4H2,1-2H3. The number of carbonyl (C=O) groups excluding carboxylic acids is 1. The minimum Gasteiger partial charge on any atom is -0.507 e. The number of aromatic hydroxyl groups is 1. The number of benzene rings is 1. The first-order valence-electron chi connectivity index (χ1n) is 3.98. The number of halogens is 1. The van der Waals surface area contributed by atoms with E-state index in [2.05, 4.69) is 15.9 Å². The zero-order valence-electron chi connectivity index (χ0n) is 7.60. The molecule has 1 aromatic carbocycles. The average molecular weight is 243 g/mol. The first-order chi connectivity index (χ1) is 6.00. The molecule has 70 valence electrons. The Morgan fingerprint density at radius 1 is 1.54 bits per heavy atom. The summed E-state index contributed by atoms with van der Waals surface area (Å²) >= 11 is 3.24. The molecule has 1 N–H and O–H groups in total. The van der Waals surface area contributed by atoms with Crippen LogP contribution in [-0.4, -0.2) is 10.9 Å². The Balaban J connectivity index is 3.06. The van der Waals surface area contributed by atoms with Crippen molar-refractivity contribution in [3.63, 3.8) is 0 Å². The van der Waals surface area contributed by atoms with E-state index in [-0.39, 0.29) is 11.5 Å². The predicted molar refractivity (Wildman–Crippen MR) is 54.9 cm³/mol. The Labute approximate surface area is 85.7 Å². The van der Waals surface area contributed by atoms with Gasteiger partial charge in [-0.15, -0.1) is 0 Å². The van der Waals surface area contributed by atoms with Gasteiger partial charge in [0.15, 0.2) is 0 Å². The summed E-state index contributed by atoms with van der Waals surface area (Å²) in [5.74, 6) is 0.289. The maximum atomic E-state index is 10.8. The van der Waals surface area contributed by atoms with Crippen molar-refractivity contribution in [2.24, 2.45) is 0 Å². The highest BCUT2D eigenvalue weighted by atomic mass is 79.9. The molecule has 3 heteroatoms. The zero-order chi connectivity index (χ0) is 10.0. The van der Waals surface area contributed by atoms with Crippen LogP contribution >= 0.6 is 15.9 Å². The van der Waals surface area contributed by atoms with Crippen molar-refractivity contribution in [1.82, 2.24) is 0 Å². The summed E-state index contributed by atoms with van der Waals surface area (Å²) in [6, 6.07) is 3.50. The van der Waals surface area contributed by atoms with Gasteiger partial charge in [-0.1, -0.05) is 6.07 Å². The normalized spacial score (nSPS) is 10.1. The fraction of sp³-hybridized carbons (Fsp3) is 0.300. The molecule has 0 saturated heterocycles. The average Bonchev–Trinajstić information content (AvgIpc) is 1.98. The molecular weight excluding hydrogens is 232 g/mol. The molecule has 0 spiro atoms. The minimum atomic E-state index is 0.0983. The lowest BCUT2D eigenvalue weighted by atomic mass is 10.1. The van der Waals surface area contributed by atoms with Crippen LogP contribution in [0.4, 0.5) is 0 Å². The second-order valence-corrected chi connectivity index (χ2v) is 3.92. The molecule has 1 rings (SSSR count). The molecule has 2 nitrogen and oxygen atoms in total. The van der Waals surface area contributed by atoms with Crippen LogP contribution in [0.2, 0.25) is 0 Å². The molecule has 0 saturated carbocycles. The second kappa shape index (κ2) is 3.92. The zero-order valence-corrected chi connectivity index (χ0v) is 9.18. The van der Waals surface area contributed by atoms with Crippen LogP contribution in [0.3, 0.4) is 0 Å². The van der Waals surface area contributed by atoms with Crippen LogP contribution in [0, 0.1) is 6.92 Å². The van der Waals surface area contributed by atoms with Crippen molar-refractivity contribution in [3.05, 3.63) is 27.7 Å². The minimum absolute atomic E-state index is 0.0983. The van der Waals surface area contributed by atoms with E-state index >= 15 is 0 Å². The molecule has 0 atom stereocenters. The Hall–Kier alpha value is -0.830. The van der Waals surface area contributed by atoms with Gasteiger partial charge < -0.3 is 5.11 Å². The quantitative estimate of drug-likeness (QED) is 0.866. The fourth-order valence-corrected chi connectivity index (χ4v) is 1.44. The molecule has 13 heavy (non-hydrogen) atoms. The van der Waals surface area contributed by atoms with E-state index in [0.29, 0.717) is 10.9 Å². The van der Waals surface area contributed by atoms with Gasteiger partial charge in [0.1, 0.15) is 11.5 Å². The second-order valence-electron chi connectivity index (χ2n) is 3.12. The molecule has 1 aromatic rings. The lowest BCUT2D eigenvalue weighted by molar-refractivity contribution is -0.116. The summed E-state index contributed by atoms with van der Waals surface area (Å²) in [6.07, 6.45) is 0.377. The molecule has 0 unspecified atom stereocenters. The Kier molecular flexibility index (Phi) is 3.09. The number of phenolic OH excluding ortho intramolecular Hbond substituents is 1. The first kappa shape index (κ1) is 10.3. The van der Waals surface area contributed by atoms with Gasteiger partial charge in [0.05, 0.1) is 4.47 Å². The van der Waals surface area contributed by atoms with Crippen molar-refractivity contribution < 1.29 is 9.90 Å². The molecule has 0 amide bonds. The molecule has 0 bridgehead atoms. The lowest BCUT2D eigenvalue weighted by Gasteiger charge is -2.04. The van der Waals surface area contributed by atoms with Crippen LogP contribution in [-0.2, 0) is 11.2 Å². The van der Waals surface area contributed by atoms with Gasteiger partial charge in [0.2, 0.25) is 0 Å². The number of carbonyl (C=O) groups is 1. The van der Waals surface area contributed by atoms with E-state index in [4.69, 9.17) is 0 Å². The highest BCUT2D eigenvalue weighted by Crippen LogP contribution is 2.28. The predicted octanol–water partition coefficient (Wildman–Crippen LogP) is 2.59. The number of aryl methyl sites for hydroxylation is 1. The smallest absolute Gasteiger partial charge is 0.134 e. The molecular formula is C10H11BrO2. The van der Waals surface area contributed by atoms with Gasteiger partial charge in [-0.05, 0) is 47.0 Å². The maximum absolute atomic E-state index is 10.8. The van der Waals surface area contributed by atoms with Crippen LogP contribution in [0.1, 0.15) is 18.1 Å². The van der Waals surface area contributed by atoms with Gasteiger partial charge in [-0.25, -0.2) is 0 Å². The first-order valence-corrected chi connectivity index (χ1v) is 4.77. The summed E-state index contributed by atoms with van der Waals surface area (Å²) in [5.41, 5.74) is 1.79. The maximum Gasteiger partial charge on any atom is 0.134 e. The Morgan fingerprint density at radius 2 is 2.15 bits per heavy atom. The number of phenols is 1. The van der Waals surface area contributed by atoms with E-state index in [1.165, 1.54) is 6.92 Å². The molecule has 0 heterocycles. The van der Waals surface area contributed by atoms with Gasteiger partial charge in [0.25, 0.3) is 0 Å². The molecule has 0 aliphatic heterocycles. The van der Waals surface area contributed by atoms with Crippen LogP contribution in [0.5, 0.6) is 5.75 Å². The monoisotopic (exact) mass is 242 g/mol. The van der Waals surface area contributed by atoms with Crippen molar-refractivity contribution in [2.75, 3.05) is 0 Å². The number of ketones is 1. The molecule has 0 aromatic heterocycles. The molecule has 0 aliphatic carbocycles. The summed E-state index contributed by atoms with van der Waals surface area (Å²) in [5, 5.41) is 9.44. The topological polar surface area (TPSA) is 37.3 Å². The van der Waals surface area contributed by atoms with Gasteiger partial charge in [-0.2, -0.15) is 0 Å². The van der Waals surface area contributed by atoms with E-state index < -0.39 is 0 Å². The molecule has 0 aliphatic rings. The third kappa shape index (κ3) is 2.56. The molecule has 0 radical (unpaired) electrons. The number of hydrogen-bond donors (Lipinski definition) is 1. The fourth-order valence-electron chi connectivity index (χ4n) is 1.21. The third-order valence-corrected chi connectivity index (χ3v) is 2.78. The van der Waals surface area contributed by atoms with Crippen LogP contribution < -0.4 is 0 Å². The summed E-state index contributed by atoms with van der Waals surface area (Å²) < 4.78 is 0.694. The van der Waals surface area contributed by atoms with Crippen molar-refractivity contribution >= 4 is 21.7 Å². The van der Waals surface area contributed by atoms with E-state index in [1.54, 1.807) is 6.07 Å².